The van der Waals surface area contributed by atoms with Crippen molar-refractivity contribution in [2.45, 2.75) is 32.0 Å². The highest BCUT2D eigenvalue weighted by Gasteiger charge is 2.19. The largest absolute Gasteiger partial charge is 0.334 e. The fourth-order valence-electron chi connectivity index (χ4n) is 2.17. The second-order valence-electron chi connectivity index (χ2n) is 5.10. The van der Waals surface area contributed by atoms with Gasteiger partial charge in [-0.3, -0.25) is 4.98 Å². The van der Waals surface area contributed by atoms with Gasteiger partial charge in [-0.05, 0) is 26.0 Å². The van der Waals surface area contributed by atoms with E-state index in [1.165, 1.54) is 10.9 Å². The first-order valence-corrected chi connectivity index (χ1v) is 8.83. The molecule has 3 rings (SSSR count). The van der Waals surface area contributed by atoms with Crippen molar-refractivity contribution in [3.05, 3.63) is 48.4 Å². The fourth-order valence-corrected chi connectivity index (χ4v) is 3.17. The standard InChI is InChI=1S/C14H17N7O2S/c1-3-20-10-14(17-11(20)2)24(22,23)16-7-12-9-21(19-18-12)13-5-4-6-15-8-13/h4-6,8-10,16H,3,7H2,1-2H3. The van der Waals surface area contributed by atoms with Crippen LogP contribution < -0.4 is 4.72 Å². The van der Waals surface area contributed by atoms with Crippen LogP contribution in [0.3, 0.4) is 0 Å². The molecule has 10 heteroatoms. The lowest BCUT2D eigenvalue weighted by Crippen LogP contribution is -2.23. The van der Waals surface area contributed by atoms with Gasteiger partial charge in [0.15, 0.2) is 5.03 Å². The van der Waals surface area contributed by atoms with Gasteiger partial charge in [0.1, 0.15) is 5.82 Å². The molecule has 3 heterocycles. The van der Waals surface area contributed by atoms with Gasteiger partial charge < -0.3 is 4.57 Å². The van der Waals surface area contributed by atoms with Gasteiger partial charge in [0, 0.05) is 18.9 Å². The monoisotopic (exact) mass is 347 g/mol. The molecule has 0 aliphatic heterocycles. The van der Waals surface area contributed by atoms with Crippen LogP contribution in [0.5, 0.6) is 0 Å². The van der Waals surface area contributed by atoms with Crippen molar-refractivity contribution in [1.82, 2.24) is 34.3 Å². The Kier molecular flexibility index (Phi) is 4.40. The molecule has 0 fully saturated rings. The minimum atomic E-state index is -3.70. The molecule has 0 aromatic carbocycles. The number of nitrogens with one attached hydrogen (secondary N) is 1. The smallest absolute Gasteiger partial charge is 0.259 e. The molecule has 126 valence electrons. The predicted molar refractivity (Wildman–Crippen MR) is 85.8 cm³/mol. The molecule has 1 N–H and O–H groups in total. The molecule has 3 aromatic rings. The summed E-state index contributed by atoms with van der Waals surface area (Å²) in [5, 5.41) is 7.93. The summed E-state index contributed by atoms with van der Waals surface area (Å²) in [6.07, 6.45) is 6.47. The maximum absolute atomic E-state index is 12.3. The van der Waals surface area contributed by atoms with Crippen LogP contribution in [-0.4, -0.2) is 37.9 Å². The van der Waals surface area contributed by atoms with Crippen molar-refractivity contribution in [3.8, 4) is 5.69 Å². The van der Waals surface area contributed by atoms with Crippen LogP contribution in [0.25, 0.3) is 5.69 Å². The molecule has 0 amide bonds. The number of nitrogens with zero attached hydrogens (tertiary/aromatic N) is 6. The Labute approximate surface area is 139 Å². The highest BCUT2D eigenvalue weighted by atomic mass is 32.2. The van der Waals surface area contributed by atoms with Crippen LogP contribution in [0, 0.1) is 6.92 Å². The topological polar surface area (TPSA) is 108 Å². The van der Waals surface area contributed by atoms with E-state index in [2.05, 4.69) is 25.0 Å². The first kappa shape index (κ1) is 16.3. The van der Waals surface area contributed by atoms with Crippen LogP contribution in [0.4, 0.5) is 0 Å². The second-order valence-corrected chi connectivity index (χ2v) is 6.82. The molecule has 0 unspecified atom stereocenters. The van der Waals surface area contributed by atoms with Crippen molar-refractivity contribution in [2.24, 2.45) is 0 Å². The first-order chi connectivity index (χ1) is 11.5. The first-order valence-electron chi connectivity index (χ1n) is 7.34. The SMILES string of the molecule is CCn1cc(S(=O)(=O)NCc2cn(-c3cccnc3)nn2)nc1C. The Balaban J connectivity index is 1.72. The number of sulfonamides is 1. The van der Waals surface area contributed by atoms with Crippen LogP contribution in [0.15, 0.2) is 41.9 Å². The maximum atomic E-state index is 12.3. The summed E-state index contributed by atoms with van der Waals surface area (Å²) >= 11 is 0. The van der Waals surface area contributed by atoms with E-state index in [0.29, 0.717) is 18.1 Å². The van der Waals surface area contributed by atoms with Crippen molar-refractivity contribution >= 4 is 10.0 Å². The third-order valence-electron chi connectivity index (χ3n) is 3.46. The molecule has 0 bridgehead atoms. The summed E-state index contributed by atoms with van der Waals surface area (Å²) in [6, 6.07) is 3.61. The highest BCUT2D eigenvalue weighted by Crippen LogP contribution is 2.10. The maximum Gasteiger partial charge on any atom is 0.259 e. The van der Waals surface area contributed by atoms with E-state index in [4.69, 9.17) is 0 Å². The van der Waals surface area contributed by atoms with Crippen molar-refractivity contribution in [1.29, 1.82) is 0 Å². The van der Waals surface area contributed by atoms with Gasteiger partial charge in [-0.25, -0.2) is 22.8 Å². The zero-order valence-corrected chi connectivity index (χ0v) is 14.1. The molecular formula is C14H17N7O2S. The van der Waals surface area contributed by atoms with Crippen LogP contribution in [0.1, 0.15) is 18.4 Å². The van der Waals surface area contributed by atoms with Gasteiger partial charge in [-0.1, -0.05) is 5.21 Å². The van der Waals surface area contributed by atoms with Crippen molar-refractivity contribution < 1.29 is 8.42 Å². The molecule has 3 aromatic heterocycles. The molecule has 0 spiro atoms. The third kappa shape index (κ3) is 3.34. The van der Waals surface area contributed by atoms with Gasteiger partial charge in [0.05, 0.1) is 30.3 Å². The van der Waals surface area contributed by atoms with Gasteiger partial charge in [0.25, 0.3) is 10.0 Å². The van der Waals surface area contributed by atoms with Crippen LogP contribution >= 0.6 is 0 Å². The summed E-state index contributed by atoms with van der Waals surface area (Å²) in [5.74, 6) is 0.653. The molecule has 0 atom stereocenters. The third-order valence-corrected chi connectivity index (χ3v) is 4.74. The summed E-state index contributed by atoms with van der Waals surface area (Å²) in [7, 11) is -3.70. The summed E-state index contributed by atoms with van der Waals surface area (Å²) in [6.45, 7) is 4.38. The molecule has 0 aliphatic rings. The van der Waals surface area contributed by atoms with E-state index < -0.39 is 10.0 Å². The zero-order chi connectivity index (χ0) is 17.2. The van der Waals surface area contributed by atoms with Gasteiger partial charge in [0.2, 0.25) is 0 Å². The van der Waals surface area contributed by atoms with Crippen LogP contribution in [-0.2, 0) is 23.1 Å². The minimum absolute atomic E-state index is 0.00139. The van der Waals surface area contributed by atoms with E-state index in [-0.39, 0.29) is 11.6 Å². The van der Waals surface area contributed by atoms with Crippen LogP contribution in [0.2, 0.25) is 0 Å². The lowest BCUT2D eigenvalue weighted by Gasteiger charge is -2.01. The lowest BCUT2D eigenvalue weighted by atomic mass is 10.4. The van der Waals surface area contributed by atoms with E-state index in [1.54, 1.807) is 36.1 Å². The fraction of sp³-hybridized carbons (Fsp3) is 0.286. The number of rotatable bonds is 6. The molecule has 0 saturated heterocycles. The summed E-state index contributed by atoms with van der Waals surface area (Å²) < 4.78 is 30.4. The Morgan fingerprint density at radius 3 is 2.79 bits per heavy atom. The summed E-state index contributed by atoms with van der Waals surface area (Å²) in [4.78, 5) is 8.08. The molecule has 0 aliphatic carbocycles. The van der Waals surface area contributed by atoms with E-state index >= 15 is 0 Å². The van der Waals surface area contributed by atoms with Gasteiger partial charge in [-0.15, -0.1) is 5.10 Å². The van der Waals surface area contributed by atoms with E-state index in [0.717, 1.165) is 5.69 Å². The average molecular weight is 347 g/mol. The van der Waals surface area contributed by atoms with Crippen molar-refractivity contribution in [2.75, 3.05) is 0 Å². The number of pyridine rings is 1. The molecule has 0 saturated carbocycles. The van der Waals surface area contributed by atoms with E-state index in [1.807, 2.05) is 13.0 Å². The average Bonchev–Trinajstić information content (AvgIpc) is 3.21. The summed E-state index contributed by atoms with van der Waals surface area (Å²) in [5.41, 5.74) is 1.24. The number of hydrogen-bond donors (Lipinski definition) is 1. The predicted octanol–water partition coefficient (Wildman–Crippen LogP) is 0.666. The normalized spacial score (nSPS) is 11.8. The Hall–Kier alpha value is -2.59. The quantitative estimate of drug-likeness (QED) is 0.702. The Morgan fingerprint density at radius 2 is 2.12 bits per heavy atom. The lowest BCUT2D eigenvalue weighted by molar-refractivity contribution is 0.576. The zero-order valence-electron chi connectivity index (χ0n) is 13.3. The number of imidazole rings is 1. The molecule has 0 radical (unpaired) electrons. The Morgan fingerprint density at radius 1 is 1.29 bits per heavy atom. The molecule has 9 nitrogen and oxygen atoms in total. The second kappa shape index (κ2) is 6.49. The minimum Gasteiger partial charge on any atom is -0.334 e. The highest BCUT2D eigenvalue weighted by molar-refractivity contribution is 7.89. The van der Waals surface area contributed by atoms with E-state index in [9.17, 15) is 8.42 Å². The molecule has 24 heavy (non-hydrogen) atoms. The van der Waals surface area contributed by atoms with Gasteiger partial charge in [-0.2, -0.15) is 0 Å². The number of aryl methyl sites for hydroxylation is 2. The number of hydrogen-bond acceptors (Lipinski definition) is 6. The molecular weight excluding hydrogens is 330 g/mol. The number of aromatic nitrogens is 6. The van der Waals surface area contributed by atoms with Gasteiger partial charge >= 0.3 is 0 Å². The van der Waals surface area contributed by atoms with Crippen molar-refractivity contribution in [3.63, 3.8) is 0 Å². The Bertz CT molecular complexity index is 931.